The van der Waals surface area contributed by atoms with Crippen molar-refractivity contribution in [2.24, 2.45) is 0 Å². The number of nitrogens with zero attached hydrogens (tertiary/aromatic N) is 1. The van der Waals surface area contributed by atoms with Crippen LogP contribution in [0, 0.1) is 0 Å². The Morgan fingerprint density at radius 2 is 1.62 bits per heavy atom. The number of para-hydroxylation sites is 1. The summed E-state index contributed by atoms with van der Waals surface area (Å²) in [5.74, 6) is -0.821. The van der Waals surface area contributed by atoms with Crippen LogP contribution in [-0.2, 0) is 6.18 Å². The van der Waals surface area contributed by atoms with Gasteiger partial charge in [0.05, 0.1) is 28.7 Å². The number of alkyl halides is 3. The topological polar surface area (TPSA) is 71.1 Å². The molecule has 0 saturated heterocycles. The van der Waals surface area contributed by atoms with Gasteiger partial charge in [-0.15, -0.1) is 0 Å². The Bertz CT molecular complexity index is 1060. The Kier molecular flexibility index (Phi) is 5.63. The monoisotopic (exact) mass is 399 g/mol. The maximum atomic E-state index is 13.1. The molecule has 2 N–H and O–H groups in total. The molecule has 0 aliphatic carbocycles. The molecular formula is C21H16F3N3O2. The van der Waals surface area contributed by atoms with Gasteiger partial charge in [-0.1, -0.05) is 24.3 Å². The van der Waals surface area contributed by atoms with Crippen LogP contribution < -0.4 is 10.6 Å². The maximum Gasteiger partial charge on any atom is 0.418 e. The predicted molar refractivity (Wildman–Crippen MR) is 103 cm³/mol. The molecule has 0 bridgehead atoms. The van der Waals surface area contributed by atoms with Crippen LogP contribution in [0.1, 0.15) is 33.2 Å². The Hall–Kier alpha value is -3.68. The predicted octanol–water partition coefficient (Wildman–Crippen LogP) is 5.30. The second kappa shape index (κ2) is 8.14. The second-order valence-corrected chi connectivity index (χ2v) is 6.22. The first-order chi connectivity index (χ1) is 13.7. The molecule has 3 rings (SSSR count). The van der Waals surface area contributed by atoms with Crippen molar-refractivity contribution in [3.8, 4) is 0 Å². The normalized spacial score (nSPS) is 11.0. The van der Waals surface area contributed by atoms with Crippen molar-refractivity contribution in [2.45, 2.75) is 13.1 Å². The summed E-state index contributed by atoms with van der Waals surface area (Å²) in [6, 6.07) is 13.0. The van der Waals surface area contributed by atoms with Crippen molar-refractivity contribution in [1.82, 2.24) is 4.98 Å². The molecular weight excluding hydrogens is 383 g/mol. The average Bonchev–Trinajstić information content (AvgIpc) is 2.68. The fourth-order valence-electron chi connectivity index (χ4n) is 2.65. The van der Waals surface area contributed by atoms with Crippen LogP contribution in [0.5, 0.6) is 0 Å². The number of hydrogen-bond donors (Lipinski definition) is 2. The van der Waals surface area contributed by atoms with Crippen LogP contribution in [0.2, 0.25) is 0 Å². The second-order valence-electron chi connectivity index (χ2n) is 6.22. The van der Waals surface area contributed by atoms with Gasteiger partial charge in [-0.3, -0.25) is 14.6 Å². The maximum absolute atomic E-state index is 13.1. The molecule has 1 aromatic heterocycles. The van der Waals surface area contributed by atoms with Gasteiger partial charge in [0.25, 0.3) is 5.91 Å². The molecule has 0 saturated carbocycles. The van der Waals surface area contributed by atoms with E-state index >= 15 is 0 Å². The first kappa shape index (κ1) is 20.1. The summed E-state index contributed by atoms with van der Waals surface area (Å²) in [6.07, 6.45) is -1.88. The number of carbonyl (C=O) groups is 2. The van der Waals surface area contributed by atoms with Crippen molar-refractivity contribution in [3.63, 3.8) is 0 Å². The summed E-state index contributed by atoms with van der Waals surface area (Å²) < 4.78 is 39.3. The summed E-state index contributed by atoms with van der Waals surface area (Å²) >= 11 is 0. The van der Waals surface area contributed by atoms with Gasteiger partial charge in [0, 0.05) is 17.4 Å². The molecule has 3 aromatic rings. The zero-order valence-corrected chi connectivity index (χ0v) is 15.2. The van der Waals surface area contributed by atoms with Crippen LogP contribution >= 0.6 is 0 Å². The van der Waals surface area contributed by atoms with Crippen molar-refractivity contribution >= 4 is 28.8 Å². The van der Waals surface area contributed by atoms with E-state index in [9.17, 15) is 22.8 Å². The number of ketones is 1. The molecule has 29 heavy (non-hydrogen) atoms. The van der Waals surface area contributed by atoms with E-state index in [-0.39, 0.29) is 17.0 Å². The number of carbonyl (C=O) groups excluding carboxylic acids is 2. The lowest BCUT2D eigenvalue weighted by Crippen LogP contribution is -2.17. The summed E-state index contributed by atoms with van der Waals surface area (Å²) in [5.41, 5.74) is 0.381. The number of amides is 1. The largest absolute Gasteiger partial charge is 0.418 e. The lowest BCUT2D eigenvalue weighted by Gasteiger charge is -2.14. The molecule has 0 unspecified atom stereocenters. The fraction of sp³-hybridized carbons (Fsp3) is 0.0952. The highest BCUT2D eigenvalue weighted by atomic mass is 19.4. The summed E-state index contributed by atoms with van der Waals surface area (Å²) in [5, 5.41) is 5.30. The number of rotatable bonds is 5. The molecule has 0 spiro atoms. The third kappa shape index (κ3) is 4.98. The average molecular weight is 399 g/mol. The van der Waals surface area contributed by atoms with Crippen LogP contribution in [-0.4, -0.2) is 16.7 Å². The smallest absolute Gasteiger partial charge is 0.354 e. The molecule has 2 aromatic carbocycles. The molecule has 0 atom stereocenters. The molecule has 148 valence electrons. The molecule has 1 amide bonds. The quantitative estimate of drug-likeness (QED) is 0.571. The minimum Gasteiger partial charge on any atom is -0.354 e. The van der Waals surface area contributed by atoms with Crippen molar-refractivity contribution in [3.05, 3.63) is 83.7 Å². The molecule has 5 nitrogen and oxygen atoms in total. The lowest BCUT2D eigenvalue weighted by molar-refractivity contribution is -0.136. The van der Waals surface area contributed by atoms with Crippen molar-refractivity contribution < 1.29 is 22.8 Å². The SMILES string of the molecule is CC(=O)c1cccc(Nc2cncc(C(=O)Nc3ccccc3C(F)(F)F)c2)c1. The zero-order valence-electron chi connectivity index (χ0n) is 15.2. The molecule has 0 fully saturated rings. The fourth-order valence-corrected chi connectivity index (χ4v) is 2.65. The molecule has 0 aliphatic heterocycles. The zero-order chi connectivity index (χ0) is 21.0. The third-order valence-corrected chi connectivity index (χ3v) is 4.04. The number of pyridine rings is 1. The molecule has 8 heteroatoms. The minimum atomic E-state index is -4.59. The van der Waals surface area contributed by atoms with Crippen LogP contribution in [0.15, 0.2) is 67.0 Å². The Labute approximate surface area is 164 Å². The van der Waals surface area contributed by atoms with Gasteiger partial charge in [-0.25, -0.2) is 0 Å². The highest BCUT2D eigenvalue weighted by Crippen LogP contribution is 2.34. The summed E-state index contributed by atoms with van der Waals surface area (Å²) in [6.45, 7) is 1.45. The van der Waals surface area contributed by atoms with E-state index in [1.807, 2.05) is 0 Å². The number of aromatic nitrogens is 1. The highest BCUT2D eigenvalue weighted by Gasteiger charge is 2.33. The Morgan fingerprint density at radius 3 is 2.34 bits per heavy atom. The highest BCUT2D eigenvalue weighted by molar-refractivity contribution is 6.05. The van der Waals surface area contributed by atoms with E-state index < -0.39 is 17.6 Å². The van der Waals surface area contributed by atoms with Crippen molar-refractivity contribution in [1.29, 1.82) is 0 Å². The number of anilines is 3. The minimum absolute atomic E-state index is 0.0784. The Morgan fingerprint density at radius 1 is 0.897 bits per heavy atom. The number of halogens is 3. The van der Waals surface area contributed by atoms with E-state index in [0.29, 0.717) is 16.9 Å². The van der Waals surface area contributed by atoms with E-state index in [2.05, 4.69) is 15.6 Å². The molecule has 0 aliphatic rings. The van der Waals surface area contributed by atoms with Gasteiger partial charge < -0.3 is 10.6 Å². The molecule has 1 heterocycles. The van der Waals surface area contributed by atoms with E-state index in [1.54, 1.807) is 24.3 Å². The van der Waals surface area contributed by atoms with Gasteiger partial charge in [-0.05, 0) is 37.3 Å². The van der Waals surface area contributed by atoms with Crippen molar-refractivity contribution in [2.75, 3.05) is 10.6 Å². The van der Waals surface area contributed by atoms with Crippen LogP contribution in [0.25, 0.3) is 0 Å². The number of hydrogen-bond acceptors (Lipinski definition) is 4. The first-order valence-electron chi connectivity index (χ1n) is 8.55. The summed E-state index contributed by atoms with van der Waals surface area (Å²) in [7, 11) is 0. The van der Waals surface area contributed by atoms with Crippen LogP contribution in [0.4, 0.5) is 30.2 Å². The van der Waals surface area contributed by atoms with E-state index in [4.69, 9.17) is 0 Å². The Balaban J connectivity index is 1.81. The standard InChI is InChI=1S/C21H16F3N3O2/c1-13(28)14-5-4-6-16(9-14)26-17-10-15(11-25-12-17)20(29)27-19-8-3-2-7-18(19)21(22,23)24/h2-12,26H,1H3,(H,27,29). The van der Waals surface area contributed by atoms with E-state index in [1.165, 1.54) is 43.6 Å². The molecule has 0 radical (unpaired) electrons. The van der Waals surface area contributed by atoms with Crippen LogP contribution in [0.3, 0.4) is 0 Å². The number of nitrogens with one attached hydrogen (secondary N) is 2. The number of Topliss-reactive ketones (excluding diaryl/α,β-unsaturated/α-hetero) is 1. The first-order valence-corrected chi connectivity index (χ1v) is 8.55. The van der Waals surface area contributed by atoms with E-state index in [0.717, 1.165) is 6.07 Å². The number of benzene rings is 2. The van der Waals surface area contributed by atoms with Gasteiger partial charge in [0.15, 0.2) is 5.78 Å². The van der Waals surface area contributed by atoms with Gasteiger partial charge in [-0.2, -0.15) is 13.2 Å². The van der Waals surface area contributed by atoms with Gasteiger partial charge >= 0.3 is 6.18 Å². The van der Waals surface area contributed by atoms with Gasteiger partial charge in [0.2, 0.25) is 0 Å². The third-order valence-electron chi connectivity index (χ3n) is 4.04. The summed E-state index contributed by atoms with van der Waals surface area (Å²) in [4.78, 5) is 27.9. The van der Waals surface area contributed by atoms with Gasteiger partial charge in [0.1, 0.15) is 0 Å². The lowest BCUT2D eigenvalue weighted by atomic mass is 10.1.